The Kier molecular flexibility index (Phi) is 5.92. The molecule has 0 aliphatic heterocycles. The van der Waals surface area contributed by atoms with Crippen LogP contribution in [0.3, 0.4) is 0 Å². The Morgan fingerprint density at radius 2 is 2.05 bits per heavy atom. The molecule has 0 aliphatic carbocycles. The predicted octanol–water partition coefficient (Wildman–Crippen LogP) is 4.38. The number of ether oxygens (including phenoxy) is 1. The Morgan fingerprint density at radius 3 is 2.80 bits per heavy atom. The first-order valence-corrected chi connectivity index (χ1v) is 7.20. The van der Waals surface area contributed by atoms with Crippen molar-refractivity contribution in [3.8, 4) is 11.3 Å². The van der Waals surface area contributed by atoms with Crippen LogP contribution in [0.5, 0.6) is 0 Å². The van der Waals surface area contributed by atoms with Crippen molar-refractivity contribution in [1.29, 1.82) is 0 Å². The summed E-state index contributed by atoms with van der Waals surface area (Å²) in [6.45, 7) is 2.34. The Balaban J connectivity index is 1.95. The van der Waals surface area contributed by atoms with E-state index in [2.05, 4.69) is 5.32 Å². The van der Waals surface area contributed by atoms with E-state index in [1.807, 2.05) is 18.2 Å². The minimum atomic E-state index is 0.589. The first kappa shape index (κ1) is 15.4. The third kappa shape index (κ3) is 4.25. The highest BCUT2D eigenvalue weighted by Crippen LogP contribution is 2.31. The van der Waals surface area contributed by atoms with Gasteiger partial charge in [0, 0.05) is 24.3 Å². The van der Waals surface area contributed by atoms with Crippen LogP contribution in [-0.4, -0.2) is 20.3 Å². The molecule has 5 heteroatoms. The second-order valence-electron chi connectivity index (χ2n) is 4.41. The number of rotatable bonds is 7. The van der Waals surface area contributed by atoms with Gasteiger partial charge in [0.05, 0.1) is 11.6 Å². The van der Waals surface area contributed by atoms with Gasteiger partial charge in [-0.2, -0.15) is 0 Å². The monoisotopic (exact) mass is 313 g/mol. The molecule has 0 unspecified atom stereocenters. The van der Waals surface area contributed by atoms with Crippen LogP contribution in [-0.2, 0) is 11.3 Å². The maximum atomic E-state index is 6.16. The molecule has 0 radical (unpaired) electrons. The SMILES string of the molecule is COCCCNCc1ccc(-c2ccc(Cl)cc2Cl)o1. The van der Waals surface area contributed by atoms with Gasteiger partial charge >= 0.3 is 0 Å². The van der Waals surface area contributed by atoms with Crippen LogP contribution in [0.15, 0.2) is 34.7 Å². The smallest absolute Gasteiger partial charge is 0.135 e. The van der Waals surface area contributed by atoms with E-state index in [-0.39, 0.29) is 0 Å². The van der Waals surface area contributed by atoms with Crippen LogP contribution in [0.25, 0.3) is 11.3 Å². The average molecular weight is 314 g/mol. The number of hydrogen-bond donors (Lipinski definition) is 1. The third-order valence-electron chi connectivity index (χ3n) is 2.86. The van der Waals surface area contributed by atoms with Crippen LogP contribution in [0, 0.1) is 0 Å². The summed E-state index contributed by atoms with van der Waals surface area (Å²) in [6.07, 6.45) is 0.979. The molecule has 0 saturated heterocycles. The molecule has 2 aromatic rings. The number of furan rings is 1. The molecular weight excluding hydrogens is 297 g/mol. The van der Waals surface area contributed by atoms with Crippen molar-refractivity contribution in [2.45, 2.75) is 13.0 Å². The molecule has 1 N–H and O–H groups in total. The summed E-state index contributed by atoms with van der Waals surface area (Å²) in [6, 6.07) is 9.24. The molecule has 0 amide bonds. The lowest BCUT2D eigenvalue weighted by Crippen LogP contribution is -2.15. The van der Waals surface area contributed by atoms with Gasteiger partial charge in [-0.1, -0.05) is 23.2 Å². The molecule has 1 aromatic heterocycles. The summed E-state index contributed by atoms with van der Waals surface area (Å²) in [5.74, 6) is 1.63. The maximum absolute atomic E-state index is 6.16. The summed E-state index contributed by atoms with van der Waals surface area (Å²) >= 11 is 12.0. The Morgan fingerprint density at radius 1 is 1.20 bits per heavy atom. The average Bonchev–Trinajstić information content (AvgIpc) is 2.87. The van der Waals surface area contributed by atoms with Crippen molar-refractivity contribution in [1.82, 2.24) is 5.32 Å². The third-order valence-corrected chi connectivity index (χ3v) is 3.41. The molecule has 0 spiro atoms. The molecule has 3 nitrogen and oxygen atoms in total. The fourth-order valence-corrected chi connectivity index (χ4v) is 2.36. The number of nitrogens with one attached hydrogen (secondary N) is 1. The number of halogens is 2. The van der Waals surface area contributed by atoms with E-state index in [0.29, 0.717) is 16.6 Å². The fraction of sp³-hybridized carbons (Fsp3) is 0.333. The molecule has 0 aliphatic rings. The van der Waals surface area contributed by atoms with Gasteiger partial charge in [-0.25, -0.2) is 0 Å². The zero-order valence-electron chi connectivity index (χ0n) is 11.3. The van der Waals surface area contributed by atoms with Gasteiger partial charge in [0.15, 0.2) is 0 Å². The quantitative estimate of drug-likeness (QED) is 0.770. The minimum absolute atomic E-state index is 0.589. The number of hydrogen-bond acceptors (Lipinski definition) is 3. The zero-order valence-corrected chi connectivity index (χ0v) is 12.8. The van der Waals surface area contributed by atoms with E-state index in [1.54, 1.807) is 19.2 Å². The molecule has 2 rings (SSSR count). The first-order chi connectivity index (χ1) is 9.70. The number of benzene rings is 1. The van der Waals surface area contributed by atoms with Gasteiger partial charge in [-0.3, -0.25) is 0 Å². The van der Waals surface area contributed by atoms with Gasteiger partial charge < -0.3 is 14.5 Å². The maximum Gasteiger partial charge on any atom is 0.135 e. The van der Waals surface area contributed by atoms with E-state index in [0.717, 1.165) is 36.7 Å². The minimum Gasteiger partial charge on any atom is -0.460 e. The molecule has 1 heterocycles. The van der Waals surface area contributed by atoms with Gasteiger partial charge in [-0.15, -0.1) is 0 Å². The van der Waals surface area contributed by atoms with Gasteiger partial charge in [0.25, 0.3) is 0 Å². The lowest BCUT2D eigenvalue weighted by Gasteiger charge is -2.03. The summed E-state index contributed by atoms with van der Waals surface area (Å²) in [5.41, 5.74) is 0.849. The van der Waals surface area contributed by atoms with Gasteiger partial charge in [0.2, 0.25) is 0 Å². The largest absolute Gasteiger partial charge is 0.460 e. The van der Waals surface area contributed by atoms with Crippen LogP contribution >= 0.6 is 23.2 Å². The Bertz CT molecular complexity index is 555. The normalized spacial score (nSPS) is 10.9. The van der Waals surface area contributed by atoms with Crippen molar-refractivity contribution in [2.75, 3.05) is 20.3 Å². The van der Waals surface area contributed by atoms with Crippen LogP contribution in [0.4, 0.5) is 0 Å². The Hall–Kier alpha value is -1.00. The van der Waals surface area contributed by atoms with Crippen molar-refractivity contribution < 1.29 is 9.15 Å². The summed E-state index contributed by atoms with van der Waals surface area (Å²) < 4.78 is 10.8. The van der Waals surface area contributed by atoms with E-state index in [4.69, 9.17) is 32.4 Å². The fourth-order valence-electron chi connectivity index (χ4n) is 1.86. The molecule has 20 heavy (non-hydrogen) atoms. The second-order valence-corrected chi connectivity index (χ2v) is 5.26. The van der Waals surface area contributed by atoms with Gasteiger partial charge in [0.1, 0.15) is 11.5 Å². The molecule has 0 atom stereocenters. The Labute approximate surface area is 128 Å². The summed E-state index contributed by atoms with van der Waals surface area (Å²) in [4.78, 5) is 0. The summed E-state index contributed by atoms with van der Waals surface area (Å²) in [5, 5.41) is 4.50. The molecule has 0 bridgehead atoms. The molecule has 1 aromatic carbocycles. The standard InChI is InChI=1S/C15H17Cl2NO2/c1-19-8-2-7-18-10-12-4-6-15(20-12)13-5-3-11(16)9-14(13)17/h3-6,9,18H,2,7-8,10H2,1H3. The first-order valence-electron chi connectivity index (χ1n) is 6.44. The molecule has 0 saturated carbocycles. The highest BCUT2D eigenvalue weighted by Gasteiger charge is 2.09. The number of methoxy groups -OCH3 is 1. The van der Waals surface area contributed by atoms with Crippen LogP contribution < -0.4 is 5.32 Å². The second kappa shape index (κ2) is 7.70. The van der Waals surface area contributed by atoms with Crippen LogP contribution in [0.1, 0.15) is 12.2 Å². The van der Waals surface area contributed by atoms with Crippen molar-refractivity contribution in [2.24, 2.45) is 0 Å². The van der Waals surface area contributed by atoms with Crippen LogP contribution in [0.2, 0.25) is 10.0 Å². The highest BCUT2D eigenvalue weighted by atomic mass is 35.5. The molecular formula is C15H17Cl2NO2. The van der Waals surface area contributed by atoms with E-state index in [1.165, 1.54) is 0 Å². The lowest BCUT2D eigenvalue weighted by atomic mass is 10.2. The van der Waals surface area contributed by atoms with E-state index < -0.39 is 0 Å². The van der Waals surface area contributed by atoms with Crippen molar-refractivity contribution in [3.63, 3.8) is 0 Å². The zero-order chi connectivity index (χ0) is 14.4. The summed E-state index contributed by atoms with van der Waals surface area (Å²) in [7, 11) is 1.70. The highest BCUT2D eigenvalue weighted by molar-refractivity contribution is 6.36. The topological polar surface area (TPSA) is 34.4 Å². The molecule has 0 fully saturated rings. The molecule has 108 valence electrons. The van der Waals surface area contributed by atoms with E-state index in [9.17, 15) is 0 Å². The van der Waals surface area contributed by atoms with E-state index >= 15 is 0 Å². The lowest BCUT2D eigenvalue weighted by molar-refractivity contribution is 0.194. The van der Waals surface area contributed by atoms with Crippen molar-refractivity contribution in [3.05, 3.63) is 46.1 Å². The van der Waals surface area contributed by atoms with Gasteiger partial charge in [-0.05, 0) is 43.3 Å². The van der Waals surface area contributed by atoms with Crippen molar-refractivity contribution >= 4 is 23.2 Å². The predicted molar refractivity (Wildman–Crippen MR) is 82.4 cm³/mol.